The van der Waals surface area contributed by atoms with Crippen LogP contribution in [-0.4, -0.2) is 6.54 Å². The molecule has 0 unspecified atom stereocenters. The van der Waals surface area contributed by atoms with Crippen molar-refractivity contribution in [2.75, 3.05) is 6.54 Å². The SMILES string of the molecule is Cc1cc(C)c(C)c(CCC2(CCN)CCCCC2)c1C. The van der Waals surface area contributed by atoms with Crippen molar-refractivity contribution in [3.63, 3.8) is 0 Å². The number of hydrogen-bond acceptors (Lipinski definition) is 1. The van der Waals surface area contributed by atoms with Crippen LogP contribution in [0.2, 0.25) is 0 Å². The number of rotatable bonds is 5. The minimum absolute atomic E-state index is 0.531. The Bertz CT molecular complexity index is 449. The van der Waals surface area contributed by atoms with E-state index in [4.69, 9.17) is 5.73 Å². The molecule has 0 saturated heterocycles. The molecule has 0 atom stereocenters. The molecule has 0 amide bonds. The Kier molecular flexibility index (Phi) is 5.48. The molecule has 2 rings (SSSR count). The van der Waals surface area contributed by atoms with Crippen LogP contribution in [0.5, 0.6) is 0 Å². The maximum atomic E-state index is 5.92. The van der Waals surface area contributed by atoms with E-state index in [2.05, 4.69) is 33.8 Å². The zero-order chi connectivity index (χ0) is 15.5. The molecule has 1 aromatic carbocycles. The average Bonchev–Trinajstić information content (AvgIpc) is 2.46. The molecular formula is C20H33N. The highest BCUT2D eigenvalue weighted by Crippen LogP contribution is 2.43. The number of nitrogens with two attached hydrogens (primary N) is 1. The van der Waals surface area contributed by atoms with Gasteiger partial charge >= 0.3 is 0 Å². The van der Waals surface area contributed by atoms with Crippen molar-refractivity contribution in [1.29, 1.82) is 0 Å². The lowest BCUT2D eigenvalue weighted by Gasteiger charge is -2.38. The fraction of sp³-hybridized carbons (Fsp3) is 0.700. The highest BCUT2D eigenvalue weighted by atomic mass is 14.5. The van der Waals surface area contributed by atoms with Gasteiger partial charge < -0.3 is 5.73 Å². The molecule has 0 aliphatic heterocycles. The first-order chi connectivity index (χ1) is 9.99. The summed E-state index contributed by atoms with van der Waals surface area (Å²) in [5.74, 6) is 0. The third-order valence-corrected chi connectivity index (χ3v) is 6.02. The van der Waals surface area contributed by atoms with Gasteiger partial charge in [-0.15, -0.1) is 0 Å². The molecule has 1 nitrogen and oxygen atoms in total. The van der Waals surface area contributed by atoms with Crippen molar-refractivity contribution in [3.05, 3.63) is 33.9 Å². The Morgan fingerprint density at radius 1 is 0.905 bits per heavy atom. The van der Waals surface area contributed by atoms with E-state index < -0.39 is 0 Å². The maximum absolute atomic E-state index is 5.92. The first kappa shape index (κ1) is 16.5. The van der Waals surface area contributed by atoms with E-state index in [1.807, 2.05) is 0 Å². The Balaban J connectivity index is 2.18. The highest BCUT2D eigenvalue weighted by molar-refractivity contribution is 5.44. The molecular weight excluding hydrogens is 254 g/mol. The van der Waals surface area contributed by atoms with Crippen molar-refractivity contribution >= 4 is 0 Å². The minimum Gasteiger partial charge on any atom is -0.330 e. The van der Waals surface area contributed by atoms with Crippen LogP contribution >= 0.6 is 0 Å². The molecule has 21 heavy (non-hydrogen) atoms. The normalized spacial score (nSPS) is 18.0. The van der Waals surface area contributed by atoms with E-state index in [1.54, 1.807) is 5.56 Å². The molecule has 1 aromatic rings. The predicted molar refractivity (Wildman–Crippen MR) is 92.9 cm³/mol. The fourth-order valence-electron chi connectivity index (χ4n) is 4.30. The summed E-state index contributed by atoms with van der Waals surface area (Å²) in [4.78, 5) is 0. The molecule has 1 saturated carbocycles. The lowest BCUT2D eigenvalue weighted by molar-refractivity contribution is 0.161. The van der Waals surface area contributed by atoms with Crippen molar-refractivity contribution < 1.29 is 0 Å². The number of benzene rings is 1. The van der Waals surface area contributed by atoms with Gasteiger partial charge in [-0.05, 0) is 99.6 Å². The van der Waals surface area contributed by atoms with Gasteiger partial charge in [0, 0.05) is 0 Å². The van der Waals surface area contributed by atoms with E-state index in [-0.39, 0.29) is 0 Å². The summed E-state index contributed by atoms with van der Waals surface area (Å²) in [7, 11) is 0. The summed E-state index contributed by atoms with van der Waals surface area (Å²) in [5.41, 5.74) is 14.0. The van der Waals surface area contributed by atoms with E-state index in [9.17, 15) is 0 Å². The summed E-state index contributed by atoms with van der Waals surface area (Å²) in [6.45, 7) is 9.95. The van der Waals surface area contributed by atoms with Crippen molar-refractivity contribution in [1.82, 2.24) is 0 Å². The molecule has 0 radical (unpaired) electrons. The van der Waals surface area contributed by atoms with Crippen LogP contribution in [0.15, 0.2) is 6.07 Å². The van der Waals surface area contributed by atoms with E-state index in [0.29, 0.717) is 5.41 Å². The molecule has 0 heterocycles. The van der Waals surface area contributed by atoms with Crippen LogP contribution in [0.1, 0.15) is 72.8 Å². The van der Waals surface area contributed by atoms with Gasteiger partial charge in [-0.3, -0.25) is 0 Å². The standard InChI is InChI=1S/C20H33N/c1-15-14-16(2)18(4)19(17(15)3)8-11-20(12-13-21)9-6-5-7-10-20/h14H,5-13,21H2,1-4H3. The molecule has 2 N–H and O–H groups in total. The fourth-order valence-corrected chi connectivity index (χ4v) is 4.30. The minimum atomic E-state index is 0.531. The molecule has 1 heteroatoms. The Labute approximate surface area is 131 Å². The Morgan fingerprint density at radius 2 is 1.48 bits per heavy atom. The molecule has 1 aliphatic carbocycles. The second-order valence-corrected chi connectivity index (χ2v) is 7.34. The van der Waals surface area contributed by atoms with Gasteiger partial charge in [0.1, 0.15) is 0 Å². The summed E-state index contributed by atoms with van der Waals surface area (Å²) in [6, 6.07) is 2.34. The van der Waals surface area contributed by atoms with Gasteiger partial charge in [-0.2, -0.15) is 0 Å². The van der Waals surface area contributed by atoms with Gasteiger partial charge in [-0.1, -0.05) is 25.3 Å². The molecule has 118 valence electrons. The van der Waals surface area contributed by atoms with Gasteiger partial charge in [-0.25, -0.2) is 0 Å². The monoisotopic (exact) mass is 287 g/mol. The first-order valence-corrected chi connectivity index (χ1v) is 8.75. The highest BCUT2D eigenvalue weighted by Gasteiger charge is 2.31. The third kappa shape index (κ3) is 3.69. The zero-order valence-electron chi connectivity index (χ0n) is 14.5. The van der Waals surface area contributed by atoms with Gasteiger partial charge in [0.2, 0.25) is 0 Å². The lowest BCUT2D eigenvalue weighted by Crippen LogP contribution is -2.28. The first-order valence-electron chi connectivity index (χ1n) is 8.75. The summed E-state index contributed by atoms with van der Waals surface area (Å²) in [6.07, 6.45) is 10.8. The zero-order valence-corrected chi connectivity index (χ0v) is 14.5. The van der Waals surface area contributed by atoms with Crippen molar-refractivity contribution in [2.24, 2.45) is 11.1 Å². The van der Waals surface area contributed by atoms with Crippen molar-refractivity contribution in [3.8, 4) is 0 Å². The van der Waals surface area contributed by atoms with E-state index in [1.165, 1.54) is 73.6 Å². The summed E-state index contributed by atoms with van der Waals surface area (Å²) >= 11 is 0. The summed E-state index contributed by atoms with van der Waals surface area (Å²) in [5, 5.41) is 0. The maximum Gasteiger partial charge on any atom is -0.00720 e. The van der Waals surface area contributed by atoms with Gasteiger partial charge in [0.25, 0.3) is 0 Å². The number of hydrogen-bond donors (Lipinski definition) is 1. The third-order valence-electron chi connectivity index (χ3n) is 6.02. The van der Waals surface area contributed by atoms with Crippen LogP contribution in [0, 0.1) is 33.1 Å². The van der Waals surface area contributed by atoms with Crippen molar-refractivity contribution in [2.45, 2.75) is 79.1 Å². The van der Waals surface area contributed by atoms with Crippen LogP contribution in [-0.2, 0) is 6.42 Å². The Morgan fingerprint density at radius 3 is 2.00 bits per heavy atom. The predicted octanol–water partition coefficient (Wildman–Crippen LogP) is 5.15. The quantitative estimate of drug-likeness (QED) is 0.796. The molecule has 0 aromatic heterocycles. The molecule has 0 spiro atoms. The topological polar surface area (TPSA) is 26.0 Å². The van der Waals surface area contributed by atoms with Crippen LogP contribution in [0.25, 0.3) is 0 Å². The van der Waals surface area contributed by atoms with Crippen LogP contribution in [0.4, 0.5) is 0 Å². The lowest BCUT2D eigenvalue weighted by atomic mass is 9.68. The Hall–Kier alpha value is -0.820. The van der Waals surface area contributed by atoms with Gasteiger partial charge in [0.05, 0.1) is 0 Å². The van der Waals surface area contributed by atoms with Gasteiger partial charge in [0.15, 0.2) is 0 Å². The summed E-state index contributed by atoms with van der Waals surface area (Å²) < 4.78 is 0. The number of aryl methyl sites for hydroxylation is 2. The molecule has 1 fully saturated rings. The van der Waals surface area contributed by atoms with E-state index in [0.717, 1.165) is 6.54 Å². The molecule has 1 aliphatic rings. The smallest absolute Gasteiger partial charge is 0.00720 e. The van der Waals surface area contributed by atoms with Crippen LogP contribution < -0.4 is 5.73 Å². The average molecular weight is 287 g/mol. The second-order valence-electron chi connectivity index (χ2n) is 7.34. The second kappa shape index (κ2) is 6.96. The largest absolute Gasteiger partial charge is 0.330 e. The van der Waals surface area contributed by atoms with E-state index >= 15 is 0 Å². The molecule has 0 bridgehead atoms. The van der Waals surface area contributed by atoms with Crippen LogP contribution in [0.3, 0.4) is 0 Å².